The fraction of sp³-hybridized carbons (Fsp3) is 0.471. The summed E-state index contributed by atoms with van der Waals surface area (Å²) in [7, 11) is 0. The normalized spacial score (nSPS) is 24.1. The van der Waals surface area contributed by atoms with Crippen LogP contribution >= 0.6 is 11.6 Å². The van der Waals surface area contributed by atoms with Crippen LogP contribution in [0.5, 0.6) is 0 Å². The number of hydrogen-bond acceptors (Lipinski definition) is 3. The molecular formula is C17H17ClF3N3O2. The molecule has 0 saturated heterocycles. The quantitative estimate of drug-likeness (QED) is 0.862. The summed E-state index contributed by atoms with van der Waals surface area (Å²) in [4.78, 5) is 29.8. The van der Waals surface area contributed by atoms with E-state index in [4.69, 9.17) is 11.6 Å². The highest BCUT2D eigenvalue weighted by Gasteiger charge is 2.67. The number of rotatable bonds is 3. The van der Waals surface area contributed by atoms with E-state index in [9.17, 15) is 22.8 Å². The Balaban J connectivity index is 1.97. The second kappa shape index (κ2) is 6.57. The molecule has 3 rings (SSSR count). The molecule has 2 aliphatic rings. The van der Waals surface area contributed by atoms with E-state index in [0.29, 0.717) is 12.8 Å². The summed E-state index contributed by atoms with van der Waals surface area (Å²) in [5, 5.41) is 1.78. The highest BCUT2D eigenvalue weighted by Crippen LogP contribution is 2.40. The summed E-state index contributed by atoms with van der Waals surface area (Å²) in [6.45, 7) is 1.35. The predicted octanol–water partition coefficient (Wildman–Crippen LogP) is 3.53. The van der Waals surface area contributed by atoms with Gasteiger partial charge in [0.05, 0.1) is 10.6 Å². The van der Waals surface area contributed by atoms with Crippen molar-refractivity contribution in [1.82, 2.24) is 10.2 Å². The van der Waals surface area contributed by atoms with Crippen LogP contribution in [0.1, 0.15) is 43.0 Å². The standard InChI is InChI=1S/C17H17ClF3N3O2/c1-10-22-16(17(19,20)21,15(26)24(10)11-6-2-3-7-11)23-14(25)12-8-4-5-9-13(12)18/h4-5,8-9,11H,2-3,6-7H2,1H3,(H,23,25). The Morgan fingerprint density at radius 2 is 1.92 bits per heavy atom. The van der Waals surface area contributed by atoms with Gasteiger partial charge in [-0.25, -0.2) is 4.99 Å². The third-order valence-electron chi connectivity index (χ3n) is 4.72. The van der Waals surface area contributed by atoms with Crippen molar-refractivity contribution < 1.29 is 22.8 Å². The van der Waals surface area contributed by atoms with Gasteiger partial charge in [-0.15, -0.1) is 0 Å². The highest BCUT2D eigenvalue weighted by molar-refractivity contribution is 6.34. The molecule has 26 heavy (non-hydrogen) atoms. The summed E-state index contributed by atoms with van der Waals surface area (Å²) in [5.74, 6) is -2.42. The van der Waals surface area contributed by atoms with Gasteiger partial charge in [-0.3, -0.25) is 14.5 Å². The van der Waals surface area contributed by atoms with Gasteiger partial charge < -0.3 is 5.32 Å². The zero-order chi connectivity index (χ0) is 19.1. The Labute approximate surface area is 153 Å². The summed E-state index contributed by atoms with van der Waals surface area (Å²) in [6, 6.07) is 5.35. The number of hydrogen-bond donors (Lipinski definition) is 1. The lowest BCUT2D eigenvalue weighted by Gasteiger charge is -2.31. The van der Waals surface area contributed by atoms with E-state index in [1.54, 1.807) is 11.4 Å². The number of carbonyl (C=O) groups is 2. The first-order valence-corrected chi connectivity index (χ1v) is 8.59. The van der Waals surface area contributed by atoms with Gasteiger partial charge in [0.2, 0.25) is 0 Å². The number of amidine groups is 1. The Morgan fingerprint density at radius 3 is 2.50 bits per heavy atom. The lowest BCUT2D eigenvalue weighted by molar-refractivity contribution is -0.196. The molecule has 1 aromatic carbocycles. The second-order valence-corrected chi connectivity index (χ2v) is 6.82. The zero-order valence-corrected chi connectivity index (χ0v) is 14.7. The molecule has 1 aromatic rings. The van der Waals surface area contributed by atoms with Gasteiger partial charge in [0.15, 0.2) is 0 Å². The number of benzene rings is 1. The van der Waals surface area contributed by atoms with Gasteiger partial charge in [-0.2, -0.15) is 13.2 Å². The molecule has 1 saturated carbocycles. The Morgan fingerprint density at radius 1 is 1.31 bits per heavy atom. The molecule has 9 heteroatoms. The Hall–Kier alpha value is -2.09. The maximum atomic E-state index is 13.9. The average Bonchev–Trinajstić information content (AvgIpc) is 3.14. The topological polar surface area (TPSA) is 61.8 Å². The molecule has 1 unspecified atom stereocenters. The molecule has 0 radical (unpaired) electrons. The van der Waals surface area contributed by atoms with E-state index in [1.165, 1.54) is 25.1 Å². The molecule has 5 nitrogen and oxygen atoms in total. The molecule has 0 bridgehead atoms. The van der Waals surface area contributed by atoms with Gasteiger partial charge in [0, 0.05) is 6.04 Å². The fourth-order valence-electron chi connectivity index (χ4n) is 3.47. The minimum Gasteiger partial charge on any atom is -0.312 e. The predicted molar refractivity (Wildman–Crippen MR) is 89.9 cm³/mol. The molecule has 1 atom stereocenters. The first-order chi connectivity index (χ1) is 12.2. The van der Waals surface area contributed by atoms with E-state index in [0.717, 1.165) is 17.7 Å². The van der Waals surface area contributed by atoms with E-state index in [1.807, 2.05) is 0 Å². The lowest BCUT2D eigenvalue weighted by Crippen LogP contribution is -2.64. The van der Waals surface area contributed by atoms with E-state index < -0.39 is 23.7 Å². The maximum absolute atomic E-state index is 13.9. The van der Waals surface area contributed by atoms with Crippen molar-refractivity contribution in [3.63, 3.8) is 0 Å². The zero-order valence-electron chi connectivity index (χ0n) is 13.9. The number of halogens is 4. The van der Waals surface area contributed by atoms with Crippen molar-refractivity contribution in [2.75, 3.05) is 0 Å². The van der Waals surface area contributed by atoms with Crippen LogP contribution in [0.15, 0.2) is 29.3 Å². The second-order valence-electron chi connectivity index (χ2n) is 6.41. The number of carbonyl (C=O) groups excluding carboxylic acids is 2. The molecule has 140 valence electrons. The van der Waals surface area contributed by atoms with Crippen molar-refractivity contribution in [2.45, 2.75) is 50.5 Å². The number of nitrogens with one attached hydrogen (secondary N) is 1. The Bertz CT molecular complexity index is 775. The van der Waals surface area contributed by atoms with Gasteiger partial charge in [-0.05, 0) is 31.9 Å². The van der Waals surface area contributed by atoms with Crippen LogP contribution in [0.3, 0.4) is 0 Å². The van der Waals surface area contributed by atoms with Crippen molar-refractivity contribution >= 4 is 29.3 Å². The Kier molecular flexibility index (Phi) is 4.72. The van der Waals surface area contributed by atoms with Crippen molar-refractivity contribution in [3.05, 3.63) is 34.9 Å². The molecule has 1 aliphatic carbocycles. The summed E-state index contributed by atoms with van der Waals surface area (Å²) in [5.41, 5.74) is -3.48. The van der Waals surface area contributed by atoms with Gasteiger partial charge in [0.1, 0.15) is 5.84 Å². The van der Waals surface area contributed by atoms with E-state index >= 15 is 0 Å². The SMILES string of the molecule is CC1=NC(NC(=O)c2ccccc2Cl)(C(F)(F)F)C(=O)N1C1CCCC1. The third-order valence-corrected chi connectivity index (χ3v) is 5.05. The van der Waals surface area contributed by atoms with Crippen LogP contribution in [-0.2, 0) is 4.79 Å². The van der Waals surface area contributed by atoms with Crippen LogP contribution in [0.25, 0.3) is 0 Å². The van der Waals surface area contributed by atoms with Crippen molar-refractivity contribution in [2.24, 2.45) is 4.99 Å². The largest absolute Gasteiger partial charge is 0.442 e. The van der Waals surface area contributed by atoms with Gasteiger partial charge in [-0.1, -0.05) is 36.6 Å². The van der Waals surface area contributed by atoms with Crippen LogP contribution in [-0.4, -0.2) is 40.4 Å². The first-order valence-electron chi connectivity index (χ1n) is 8.21. The molecule has 2 amide bonds. The number of alkyl halides is 3. The fourth-order valence-corrected chi connectivity index (χ4v) is 3.69. The number of aliphatic imine (C=N–C) groups is 1. The summed E-state index contributed by atoms with van der Waals surface area (Å²) < 4.78 is 41.6. The summed E-state index contributed by atoms with van der Waals surface area (Å²) >= 11 is 5.89. The van der Waals surface area contributed by atoms with Crippen LogP contribution < -0.4 is 5.32 Å². The molecule has 1 heterocycles. The monoisotopic (exact) mass is 387 g/mol. The smallest absolute Gasteiger partial charge is 0.312 e. The first kappa shape index (κ1) is 18.7. The molecule has 0 aromatic heterocycles. The van der Waals surface area contributed by atoms with Crippen molar-refractivity contribution in [3.8, 4) is 0 Å². The average molecular weight is 388 g/mol. The van der Waals surface area contributed by atoms with Crippen LogP contribution in [0.4, 0.5) is 13.2 Å². The lowest BCUT2D eigenvalue weighted by atomic mass is 10.1. The molecule has 1 aliphatic heterocycles. The van der Waals surface area contributed by atoms with E-state index in [2.05, 4.69) is 4.99 Å². The maximum Gasteiger partial charge on any atom is 0.442 e. The van der Waals surface area contributed by atoms with Crippen LogP contribution in [0, 0.1) is 0 Å². The minimum atomic E-state index is -5.09. The minimum absolute atomic E-state index is 0.0129. The molecule has 1 fully saturated rings. The number of nitrogens with zero attached hydrogens (tertiary/aromatic N) is 2. The van der Waals surface area contributed by atoms with Crippen LogP contribution in [0.2, 0.25) is 5.02 Å². The van der Waals surface area contributed by atoms with Gasteiger partial charge >= 0.3 is 11.8 Å². The third kappa shape index (κ3) is 2.96. The number of amides is 2. The summed E-state index contributed by atoms with van der Waals surface area (Å²) in [6.07, 6.45) is -2.18. The van der Waals surface area contributed by atoms with Gasteiger partial charge in [0.25, 0.3) is 11.8 Å². The molecule has 0 spiro atoms. The highest BCUT2D eigenvalue weighted by atomic mass is 35.5. The molecule has 1 N–H and O–H groups in total. The molecular weight excluding hydrogens is 371 g/mol. The van der Waals surface area contributed by atoms with E-state index in [-0.39, 0.29) is 22.5 Å². The van der Waals surface area contributed by atoms with Crippen molar-refractivity contribution in [1.29, 1.82) is 0 Å².